The number of carbonyl (C=O) groups is 1. The number of ether oxygens (including phenoxy) is 2. The van der Waals surface area contributed by atoms with Gasteiger partial charge in [-0.2, -0.15) is 0 Å². The third-order valence-corrected chi connectivity index (χ3v) is 5.35. The van der Waals surface area contributed by atoms with Gasteiger partial charge >= 0.3 is 5.97 Å². The minimum absolute atomic E-state index is 0.0713. The zero-order valence-corrected chi connectivity index (χ0v) is 16.3. The van der Waals surface area contributed by atoms with Gasteiger partial charge in [-0.25, -0.2) is 17.6 Å². The number of carbonyl (C=O) groups excluding carboxylic acids is 1. The second kappa shape index (κ2) is 8.74. The number of hydrogen-bond donors (Lipinski definition) is 1. The van der Waals surface area contributed by atoms with Crippen molar-refractivity contribution in [1.29, 1.82) is 0 Å². The normalized spacial score (nSPS) is 11.0. The first-order chi connectivity index (χ1) is 13.9. The average Bonchev–Trinajstić information content (AvgIpc) is 2.73. The number of nitrogens with one attached hydrogen (secondary N) is 1. The van der Waals surface area contributed by atoms with Crippen molar-refractivity contribution in [3.05, 3.63) is 89.7 Å². The van der Waals surface area contributed by atoms with Crippen LogP contribution in [0.5, 0.6) is 5.75 Å². The van der Waals surface area contributed by atoms with Crippen LogP contribution in [0.25, 0.3) is 0 Å². The smallest absolute Gasteiger partial charge is 0.337 e. The molecule has 6 nitrogen and oxygen atoms in total. The molecule has 8 heteroatoms. The zero-order valence-electron chi connectivity index (χ0n) is 15.5. The van der Waals surface area contributed by atoms with Crippen molar-refractivity contribution < 1.29 is 27.1 Å². The highest BCUT2D eigenvalue weighted by Crippen LogP contribution is 2.22. The Morgan fingerprint density at radius 2 is 1.72 bits per heavy atom. The molecule has 0 saturated heterocycles. The number of rotatable bonds is 7. The lowest BCUT2D eigenvalue weighted by Crippen LogP contribution is -2.14. The number of benzene rings is 3. The second-order valence-electron chi connectivity index (χ2n) is 6.07. The molecule has 0 amide bonds. The van der Waals surface area contributed by atoms with E-state index in [1.807, 2.05) is 0 Å². The molecule has 0 unspecified atom stereocenters. The van der Waals surface area contributed by atoms with Crippen LogP contribution in [-0.4, -0.2) is 21.5 Å². The Labute approximate surface area is 168 Å². The molecule has 3 aromatic rings. The van der Waals surface area contributed by atoms with Crippen LogP contribution in [-0.2, 0) is 21.4 Å². The first-order valence-corrected chi connectivity index (χ1v) is 10.0. The van der Waals surface area contributed by atoms with Gasteiger partial charge in [-0.15, -0.1) is 0 Å². The standard InChI is InChI=1S/C21H18FNO5S/c1-27-21(24)16-4-2-7-20(12-16)29(25,26)23-18-5-3-6-19(13-18)28-14-15-8-10-17(22)11-9-15/h2-13,23H,14H2,1H3. The maximum absolute atomic E-state index is 13.0. The first kappa shape index (κ1) is 20.3. The fourth-order valence-electron chi connectivity index (χ4n) is 2.52. The summed E-state index contributed by atoms with van der Waals surface area (Å²) in [6, 6.07) is 17.9. The van der Waals surface area contributed by atoms with Crippen molar-refractivity contribution in [2.24, 2.45) is 0 Å². The van der Waals surface area contributed by atoms with E-state index in [4.69, 9.17) is 4.74 Å². The van der Waals surface area contributed by atoms with E-state index in [2.05, 4.69) is 9.46 Å². The summed E-state index contributed by atoms with van der Waals surface area (Å²) < 4.78 is 51.0. The van der Waals surface area contributed by atoms with E-state index in [0.29, 0.717) is 11.4 Å². The van der Waals surface area contributed by atoms with Crippen molar-refractivity contribution in [3.63, 3.8) is 0 Å². The van der Waals surface area contributed by atoms with Crippen LogP contribution >= 0.6 is 0 Å². The topological polar surface area (TPSA) is 81.7 Å². The molecule has 3 rings (SSSR count). The summed E-state index contributed by atoms with van der Waals surface area (Å²) in [5.41, 5.74) is 1.20. The second-order valence-corrected chi connectivity index (χ2v) is 7.75. The highest BCUT2D eigenvalue weighted by atomic mass is 32.2. The Morgan fingerprint density at radius 3 is 2.45 bits per heavy atom. The minimum atomic E-state index is -3.92. The largest absolute Gasteiger partial charge is 0.489 e. The zero-order chi connectivity index (χ0) is 20.9. The lowest BCUT2D eigenvalue weighted by atomic mass is 10.2. The van der Waals surface area contributed by atoms with E-state index in [1.54, 1.807) is 30.3 Å². The molecule has 0 spiro atoms. The average molecular weight is 415 g/mol. The third-order valence-electron chi connectivity index (χ3n) is 3.97. The summed E-state index contributed by atoms with van der Waals surface area (Å²) in [5, 5.41) is 0. The van der Waals surface area contributed by atoms with Crippen molar-refractivity contribution >= 4 is 21.7 Å². The van der Waals surface area contributed by atoms with Gasteiger partial charge in [0.25, 0.3) is 10.0 Å². The van der Waals surface area contributed by atoms with Crippen molar-refractivity contribution in [3.8, 4) is 5.75 Å². The molecule has 0 fully saturated rings. The number of halogens is 1. The van der Waals surface area contributed by atoms with Crippen LogP contribution in [0, 0.1) is 5.82 Å². The number of sulfonamides is 1. The Balaban J connectivity index is 1.73. The molecule has 0 aliphatic carbocycles. The van der Waals surface area contributed by atoms with E-state index in [1.165, 1.54) is 49.6 Å². The number of esters is 1. The first-order valence-electron chi connectivity index (χ1n) is 8.56. The number of anilines is 1. The summed E-state index contributed by atoms with van der Waals surface area (Å²) in [7, 11) is -2.70. The maximum atomic E-state index is 13.0. The van der Waals surface area contributed by atoms with Crippen LogP contribution in [0.4, 0.5) is 10.1 Å². The summed E-state index contributed by atoms with van der Waals surface area (Å²) in [6.45, 7) is 0.206. The van der Waals surface area contributed by atoms with Gasteiger partial charge in [0.2, 0.25) is 0 Å². The fraction of sp³-hybridized carbons (Fsp3) is 0.0952. The maximum Gasteiger partial charge on any atom is 0.337 e. The molecule has 150 valence electrons. The number of methoxy groups -OCH3 is 1. The molecule has 0 bridgehead atoms. The molecule has 3 aromatic carbocycles. The molecular formula is C21H18FNO5S. The Kier molecular flexibility index (Phi) is 6.13. The van der Waals surface area contributed by atoms with Crippen LogP contribution in [0.3, 0.4) is 0 Å². The van der Waals surface area contributed by atoms with Crippen LogP contribution in [0.2, 0.25) is 0 Å². The van der Waals surface area contributed by atoms with Crippen molar-refractivity contribution in [2.45, 2.75) is 11.5 Å². The molecule has 0 aliphatic rings. The molecule has 0 saturated carbocycles. The van der Waals surface area contributed by atoms with Crippen LogP contribution in [0.1, 0.15) is 15.9 Å². The highest BCUT2D eigenvalue weighted by Gasteiger charge is 2.17. The Bertz CT molecular complexity index is 1110. The molecule has 29 heavy (non-hydrogen) atoms. The van der Waals surface area contributed by atoms with E-state index in [-0.39, 0.29) is 22.9 Å². The van der Waals surface area contributed by atoms with Crippen LogP contribution < -0.4 is 9.46 Å². The van der Waals surface area contributed by atoms with Crippen molar-refractivity contribution in [1.82, 2.24) is 0 Å². The summed E-state index contributed by atoms with van der Waals surface area (Å²) >= 11 is 0. The Morgan fingerprint density at radius 1 is 1.00 bits per heavy atom. The molecular weight excluding hydrogens is 397 g/mol. The monoisotopic (exact) mass is 415 g/mol. The van der Waals surface area contributed by atoms with Gasteiger partial charge in [0.1, 0.15) is 18.2 Å². The van der Waals surface area contributed by atoms with E-state index >= 15 is 0 Å². The van der Waals surface area contributed by atoms with Crippen molar-refractivity contribution in [2.75, 3.05) is 11.8 Å². The van der Waals surface area contributed by atoms with Gasteiger partial charge in [-0.1, -0.05) is 24.3 Å². The van der Waals surface area contributed by atoms with Gasteiger partial charge < -0.3 is 9.47 Å². The molecule has 0 atom stereocenters. The Hall–Kier alpha value is -3.39. The lowest BCUT2D eigenvalue weighted by molar-refractivity contribution is 0.0600. The van der Waals surface area contributed by atoms with E-state index in [0.717, 1.165) is 5.56 Å². The van der Waals surface area contributed by atoms with E-state index < -0.39 is 16.0 Å². The third kappa shape index (κ3) is 5.32. The molecule has 0 aromatic heterocycles. The molecule has 0 heterocycles. The SMILES string of the molecule is COC(=O)c1cccc(S(=O)(=O)Nc2cccc(OCc3ccc(F)cc3)c2)c1. The van der Waals surface area contributed by atoms with Gasteiger partial charge in [0.15, 0.2) is 0 Å². The van der Waals surface area contributed by atoms with E-state index in [9.17, 15) is 17.6 Å². The van der Waals surface area contributed by atoms with Gasteiger partial charge in [-0.05, 0) is 48.0 Å². The summed E-state index contributed by atoms with van der Waals surface area (Å²) in [5.74, 6) is -0.516. The lowest BCUT2D eigenvalue weighted by Gasteiger charge is -2.11. The minimum Gasteiger partial charge on any atom is -0.489 e. The summed E-state index contributed by atoms with van der Waals surface area (Å²) in [6.07, 6.45) is 0. The van der Waals surface area contributed by atoms with Gasteiger partial charge in [-0.3, -0.25) is 4.72 Å². The number of hydrogen-bond acceptors (Lipinski definition) is 5. The predicted octanol–water partition coefficient (Wildman–Crippen LogP) is 3.99. The van der Waals surface area contributed by atoms with Crippen LogP contribution in [0.15, 0.2) is 77.7 Å². The molecule has 0 radical (unpaired) electrons. The fourth-order valence-corrected chi connectivity index (χ4v) is 3.61. The van der Waals surface area contributed by atoms with Gasteiger partial charge in [0, 0.05) is 6.07 Å². The quantitative estimate of drug-likeness (QED) is 0.590. The predicted molar refractivity (Wildman–Crippen MR) is 106 cm³/mol. The summed E-state index contributed by atoms with van der Waals surface area (Å²) in [4.78, 5) is 11.6. The highest BCUT2D eigenvalue weighted by molar-refractivity contribution is 7.92. The van der Waals surface area contributed by atoms with Gasteiger partial charge in [0.05, 0.1) is 23.3 Å². The molecule has 1 N–H and O–H groups in total. The molecule has 0 aliphatic heterocycles.